The third kappa shape index (κ3) is 1.90. The Hall–Kier alpha value is -0.370. The van der Waals surface area contributed by atoms with Gasteiger partial charge in [-0.3, -0.25) is 4.79 Å². The summed E-state index contributed by atoms with van der Waals surface area (Å²) in [5, 5.41) is 10.0. The van der Waals surface area contributed by atoms with Crippen LogP contribution in [0.15, 0.2) is 0 Å². The molecule has 4 rings (SSSR count). The van der Waals surface area contributed by atoms with Crippen molar-refractivity contribution in [3.63, 3.8) is 0 Å². The molecular formula is C19H30O2. The second kappa shape index (κ2) is 4.81. The molecule has 4 aliphatic rings. The van der Waals surface area contributed by atoms with Crippen molar-refractivity contribution in [1.82, 2.24) is 0 Å². The Morgan fingerprint density at radius 3 is 2.76 bits per heavy atom. The molecule has 118 valence electrons. The number of aliphatic hydroxyl groups excluding tert-OH is 1. The molecule has 0 radical (unpaired) electrons. The van der Waals surface area contributed by atoms with Gasteiger partial charge in [-0.2, -0.15) is 0 Å². The van der Waals surface area contributed by atoms with Gasteiger partial charge in [-0.05, 0) is 79.4 Å². The summed E-state index contributed by atoms with van der Waals surface area (Å²) < 4.78 is 0. The standard InChI is InChI=1S/C19H30O2/c1-18-9-6-14(21)11-13(18)4-5-15-16(18)7-10-19(12-20)8-2-3-17(15)19/h13,15-17,20H,2-12H2,1H3/t13-,15+,16-,17-,18-,19-/m0/s1. The van der Waals surface area contributed by atoms with Gasteiger partial charge in [-0.1, -0.05) is 13.3 Å². The molecular weight excluding hydrogens is 260 g/mol. The topological polar surface area (TPSA) is 37.3 Å². The molecule has 0 heterocycles. The molecule has 1 N–H and O–H groups in total. The minimum atomic E-state index is 0.273. The molecule has 4 fully saturated rings. The zero-order valence-corrected chi connectivity index (χ0v) is 13.4. The van der Waals surface area contributed by atoms with Gasteiger partial charge in [0, 0.05) is 19.4 Å². The highest BCUT2D eigenvalue weighted by molar-refractivity contribution is 5.79. The summed E-state index contributed by atoms with van der Waals surface area (Å²) in [6.07, 6.45) is 11.9. The maximum absolute atomic E-state index is 11.9. The molecule has 0 saturated heterocycles. The van der Waals surface area contributed by atoms with E-state index in [1.165, 1.54) is 44.9 Å². The molecule has 4 saturated carbocycles. The maximum Gasteiger partial charge on any atom is 0.133 e. The number of rotatable bonds is 1. The van der Waals surface area contributed by atoms with E-state index in [4.69, 9.17) is 0 Å². The van der Waals surface area contributed by atoms with Crippen LogP contribution in [0.25, 0.3) is 0 Å². The minimum Gasteiger partial charge on any atom is -0.396 e. The molecule has 6 atom stereocenters. The van der Waals surface area contributed by atoms with Crippen LogP contribution in [0.5, 0.6) is 0 Å². The fraction of sp³-hybridized carbons (Fsp3) is 0.947. The van der Waals surface area contributed by atoms with Crippen LogP contribution < -0.4 is 0 Å². The molecule has 0 spiro atoms. The van der Waals surface area contributed by atoms with E-state index < -0.39 is 0 Å². The van der Waals surface area contributed by atoms with Crippen molar-refractivity contribution in [1.29, 1.82) is 0 Å². The Kier molecular flexibility index (Phi) is 3.26. The lowest BCUT2D eigenvalue weighted by molar-refractivity contribution is -0.141. The van der Waals surface area contributed by atoms with Crippen molar-refractivity contribution in [2.24, 2.45) is 34.5 Å². The van der Waals surface area contributed by atoms with E-state index in [1.807, 2.05) is 0 Å². The van der Waals surface area contributed by atoms with E-state index in [0.717, 1.165) is 37.0 Å². The van der Waals surface area contributed by atoms with E-state index in [-0.39, 0.29) is 5.41 Å². The number of fused-ring (bicyclic) bond motifs is 5. The summed E-state index contributed by atoms with van der Waals surface area (Å²) in [5.74, 6) is 3.60. The summed E-state index contributed by atoms with van der Waals surface area (Å²) in [6, 6.07) is 0. The highest BCUT2D eigenvalue weighted by Crippen LogP contribution is 2.65. The van der Waals surface area contributed by atoms with E-state index >= 15 is 0 Å². The Morgan fingerprint density at radius 2 is 1.95 bits per heavy atom. The molecule has 0 unspecified atom stereocenters. The fourth-order valence-corrected chi connectivity index (χ4v) is 7.11. The lowest BCUT2D eigenvalue weighted by Gasteiger charge is -2.60. The van der Waals surface area contributed by atoms with Gasteiger partial charge in [-0.15, -0.1) is 0 Å². The third-order valence-electron chi connectivity index (χ3n) is 8.32. The van der Waals surface area contributed by atoms with Crippen LogP contribution in [0.4, 0.5) is 0 Å². The van der Waals surface area contributed by atoms with Crippen molar-refractivity contribution in [3.8, 4) is 0 Å². The number of ketones is 1. The highest BCUT2D eigenvalue weighted by Gasteiger charge is 2.58. The zero-order chi connectivity index (χ0) is 14.7. The third-order valence-corrected chi connectivity index (χ3v) is 8.32. The van der Waals surface area contributed by atoms with Crippen LogP contribution in [0.1, 0.15) is 71.1 Å². The van der Waals surface area contributed by atoms with Crippen LogP contribution >= 0.6 is 0 Å². The lowest BCUT2D eigenvalue weighted by atomic mass is 9.45. The lowest BCUT2D eigenvalue weighted by Crippen LogP contribution is -2.53. The normalized spacial score (nSPS) is 53.0. The van der Waals surface area contributed by atoms with Gasteiger partial charge in [-0.25, -0.2) is 0 Å². The average Bonchev–Trinajstić information content (AvgIpc) is 2.92. The van der Waals surface area contributed by atoms with E-state index in [9.17, 15) is 9.90 Å². The van der Waals surface area contributed by atoms with Gasteiger partial charge >= 0.3 is 0 Å². The summed E-state index contributed by atoms with van der Waals surface area (Å²) in [6.45, 7) is 2.92. The molecule has 21 heavy (non-hydrogen) atoms. The highest BCUT2D eigenvalue weighted by atomic mass is 16.3. The van der Waals surface area contributed by atoms with E-state index in [1.54, 1.807) is 0 Å². The molecule has 0 aromatic carbocycles. The van der Waals surface area contributed by atoms with Crippen LogP contribution in [-0.2, 0) is 4.79 Å². The number of carbonyl (C=O) groups excluding carboxylic acids is 1. The number of hydrogen-bond acceptors (Lipinski definition) is 2. The van der Waals surface area contributed by atoms with Crippen LogP contribution in [0.2, 0.25) is 0 Å². The monoisotopic (exact) mass is 290 g/mol. The number of carbonyl (C=O) groups is 1. The van der Waals surface area contributed by atoms with Crippen molar-refractivity contribution in [3.05, 3.63) is 0 Å². The first kappa shape index (κ1) is 14.2. The number of Topliss-reactive ketones (excluding diaryl/α,β-unsaturated/α-hetero) is 1. The Labute approximate surface area is 128 Å². The summed E-state index contributed by atoms with van der Waals surface area (Å²) in [5.41, 5.74) is 0.690. The number of hydrogen-bond donors (Lipinski definition) is 1. The molecule has 4 aliphatic carbocycles. The number of aliphatic hydroxyl groups is 1. The van der Waals surface area contributed by atoms with Crippen molar-refractivity contribution in [2.75, 3.05) is 6.61 Å². The molecule has 0 amide bonds. The zero-order valence-electron chi connectivity index (χ0n) is 13.4. The summed E-state index contributed by atoms with van der Waals surface area (Å²) in [7, 11) is 0. The van der Waals surface area contributed by atoms with Crippen molar-refractivity contribution < 1.29 is 9.90 Å². The first-order valence-corrected chi connectivity index (χ1v) is 9.22. The quantitative estimate of drug-likeness (QED) is 0.793. The van der Waals surface area contributed by atoms with Gasteiger partial charge in [0.1, 0.15) is 5.78 Å². The molecule has 2 nitrogen and oxygen atoms in total. The summed E-state index contributed by atoms with van der Waals surface area (Å²) in [4.78, 5) is 11.9. The Morgan fingerprint density at radius 1 is 1.10 bits per heavy atom. The van der Waals surface area contributed by atoms with Crippen molar-refractivity contribution in [2.45, 2.75) is 71.1 Å². The molecule has 0 aliphatic heterocycles. The van der Waals surface area contributed by atoms with Crippen LogP contribution in [0.3, 0.4) is 0 Å². The first-order valence-electron chi connectivity index (χ1n) is 9.22. The predicted octanol–water partition coefficient (Wildman–Crippen LogP) is 3.96. The maximum atomic E-state index is 11.9. The van der Waals surface area contributed by atoms with Crippen molar-refractivity contribution >= 4 is 5.78 Å². The van der Waals surface area contributed by atoms with E-state index in [0.29, 0.717) is 23.7 Å². The summed E-state index contributed by atoms with van der Waals surface area (Å²) >= 11 is 0. The molecule has 0 bridgehead atoms. The average molecular weight is 290 g/mol. The van der Waals surface area contributed by atoms with Crippen LogP contribution in [-0.4, -0.2) is 17.5 Å². The molecule has 0 aromatic rings. The second-order valence-electron chi connectivity index (χ2n) is 8.85. The minimum absolute atomic E-state index is 0.273. The van der Waals surface area contributed by atoms with Gasteiger partial charge in [0.2, 0.25) is 0 Å². The Balaban J connectivity index is 1.63. The fourth-order valence-electron chi connectivity index (χ4n) is 7.11. The van der Waals surface area contributed by atoms with E-state index in [2.05, 4.69) is 6.92 Å². The largest absolute Gasteiger partial charge is 0.396 e. The first-order chi connectivity index (χ1) is 10.1. The van der Waals surface area contributed by atoms with Gasteiger partial charge < -0.3 is 5.11 Å². The predicted molar refractivity (Wildman–Crippen MR) is 82.8 cm³/mol. The SMILES string of the molecule is C[C@]12CCC(=O)C[C@@H]1CC[C@H]1[C@@H]3CCC[C@@]3(CO)CC[C@@H]12. The molecule has 0 aromatic heterocycles. The Bertz CT molecular complexity index is 445. The van der Waals surface area contributed by atoms with Gasteiger partial charge in [0.25, 0.3) is 0 Å². The van der Waals surface area contributed by atoms with Gasteiger partial charge in [0.15, 0.2) is 0 Å². The van der Waals surface area contributed by atoms with Crippen LogP contribution in [0, 0.1) is 34.5 Å². The smallest absolute Gasteiger partial charge is 0.133 e. The van der Waals surface area contributed by atoms with Gasteiger partial charge in [0.05, 0.1) is 0 Å². The second-order valence-corrected chi connectivity index (χ2v) is 8.85. The molecule has 2 heteroatoms.